The van der Waals surface area contributed by atoms with Gasteiger partial charge in [0.05, 0.1) is 36.7 Å². The molecule has 10 nitrogen and oxygen atoms in total. The third-order valence-corrected chi connectivity index (χ3v) is 6.27. The second kappa shape index (κ2) is 8.41. The van der Waals surface area contributed by atoms with Crippen molar-refractivity contribution in [2.24, 2.45) is 0 Å². The molecule has 2 amide bonds. The van der Waals surface area contributed by atoms with Crippen molar-refractivity contribution in [3.8, 4) is 0 Å². The summed E-state index contributed by atoms with van der Waals surface area (Å²) >= 11 is 0. The number of hydrogen-bond donors (Lipinski definition) is 1. The molecular weight excluding hydrogens is 448 g/mol. The van der Waals surface area contributed by atoms with Gasteiger partial charge in [-0.05, 0) is 17.7 Å². The van der Waals surface area contributed by atoms with Crippen molar-refractivity contribution >= 4 is 34.3 Å². The number of pyridine rings is 1. The normalized spacial score (nSPS) is 15.2. The summed E-state index contributed by atoms with van der Waals surface area (Å²) in [7, 11) is 0. The van der Waals surface area contributed by atoms with Gasteiger partial charge in [-0.25, -0.2) is 9.97 Å². The molecule has 2 aliphatic heterocycles. The van der Waals surface area contributed by atoms with Crippen molar-refractivity contribution in [1.82, 2.24) is 24.4 Å². The Labute approximate surface area is 199 Å². The van der Waals surface area contributed by atoms with Crippen LogP contribution in [0.2, 0.25) is 0 Å². The summed E-state index contributed by atoms with van der Waals surface area (Å²) in [5.74, 6) is -0.793. The molecule has 0 spiro atoms. The third kappa shape index (κ3) is 3.73. The number of nitrogens with zero attached hydrogens (tertiary/aromatic N) is 5. The molecule has 0 unspecified atom stereocenters. The van der Waals surface area contributed by atoms with E-state index >= 15 is 0 Å². The molecule has 4 aromatic rings. The molecule has 0 atom stereocenters. The van der Waals surface area contributed by atoms with Crippen LogP contribution < -0.4 is 5.32 Å². The Hall–Kier alpha value is -4.44. The van der Waals surface area contributed by atoms with Crippen LogP contribution in [0.4, 0.5) is 5.69 Å². The number of ether oxygens (including phenoxy) is 1. The predicted octanol–water partition coefficient (Wildman–Crippen LogP) is 2.22. The maximum absolute atomic E-state index is 13.4. The van der Waals surface area contributed by atoms with E-state index in [-0.39, 0.29) is 30.2 Å². The summed E-state index contributed by atoms with van der Waals surface area (Å²) in [6.07, 6.45) is 7.77. The van der Waals surface area contributed by atoms with Crippen molar-refractivity contribution < 1.29 is 19.1 Å². The van der Waals surface area contributed by atoms with E-state index in [1.54, 1.807) is 30.6 Å². The maximum Gasteiger partial charge on any atom is 0.254 e. The summed E-state index contributed by atoms with van der Waals surface area (Å²) in [6, 6.07) is 9.01. The second-order valence-corrected chi connectivity index (χ2v) is 8.56. The third-order valence-electron chi connectivity index (χ3n) is 6.27. The Bertz CT molecular complexity index is 1490. The highest BCUT2D eigenvalue weighted by molar-refractivity contribution is 6.16. The summed E-state index contributed by atoms with van der Waals surface area (Å²) in [6.45, 7) is 1.42. The standard InChI is InChI=1S/C25H20N6O4/c32-22(11-30-9-15-3-1-2-4-19(15)25(30)34)29-17-5-16(6-26-7-17)23(33)21-10-31(18-12-35-13-18)24-20(21)8-27-14-28-24/h1-8,10,14,18H,9,11-13H2,(H,29,32). The lowest BCUT2D eigenvalue weighted by Gasteiger charge is -2.27. The average Bonchev–Trinajstić information content (AvgIpc) is 3.36. The van der Waals surface area contributed by atoms with E-state index in [1.165, 1.54) is 23.6 Å². The number of rotatable bonds is 6. The smallest absolute Gasteiger partial charge is 0.254 e. The number of carbonyl (C=O) groups is 3. The SMILES string of the molecule is O=C(CN1Cc2ccccc2C1=O)Nc1cncc(C(=O)c2cn(C3COC3)c3ncncc23)c1. The number of benzene rings is 1. The molecule has 0 saturated carbocycles. The Morgan fingerprint density at radius 1 is 1.11 bits per heavy atom. The molecule has 0 aliphatic carbocycles. The van der Waals surface area contributed by atoms with Crippen LogP contribution in [0.5, 0.6) is 0 Å². The number of nitrogens with one attached hydrogen (secondary N) is 1. The largest absolute Gasteiger partial charge is 0.377 e. The number of hydrogen-bond acceptors (Lipinski definition) is 7. The van der Waals surface area contributed by atoms with Gasteiger partial charge in [-0.15, -0.1) is 0 Å². The van der Waals surface area contributed by atoms with E-state index in [0.717, 1.165) is 5.56 Å². The van der Waals surface area contributed by atoms with Crippen LogP contribution in [0.3, 0.4) is 0 Å². The highest BCUT2D eigenvalue weighted by Crippen LogP contribution is 2.28. The van der Waals surface area contributed by atoms with Crippen LogP contribution in [0.25, 0.3) is 11.0 Å². The molecule has 174 valence electrons. The summed E-state index contributed by atoms with van der Waals surface area (Å²) in [4.78, 5) is 52.6. The molecule has 1 N–H and O–H groups in total. The zero-order valence-corrected chi connectivity index (χ0v) is 18.5. The minimum absolute atomic E-state index is 0.0972. The first-order valence-corrected chi connectivity index (χ1v) is 11.1. The highest BCUT2D eigenvalue weighted by Gasteiger charge is 2.29. The number of amides is 2. The molecular formula is C25H20N6O4. The number of aromatic nitrogens is 4. The lowest BCUT2D eigenvalue weighted by molar-refractivity contribution is -0.116. The average molecular weight is 468 g/mol. The van der Waals surface area contributed by atoms with Gasteiger partial charge < -0.3 is 19.5 Å². The fourth-order valence-corrected chi connectivity index (χ4v) is 4.44. The Morgan fingerprint density at radius 3 is 2.77 bits per heavy atom. The number of anilines is 1. The first-order valence-electron chi connectivity index (χ1n) is 11.1. The van der Waals surface area contributed by atoms with Crippen LogP contribution in [0.15, 0.2) is 61.4 Å². The summed E-state index contributed by atoms with van der Waals surface area (Å²) < 4.78 is 7.24. The summed E-state index contributed by atoms with van der Waals surface area (Å²) in [5, 5.41) is 3.39. The summed E-state index contributed by atoms with van der Waals surface area (Å²) in [5.41, 5.74) is 3.34. The van der Waals surface area contributed by atoms with Gasteiger partial charge in [0.2, 0.25) is 5.91 Å². The Balaban J connectivity index is 1.20. The van der Waals surface area contributed by atoms with E-state index in [4.69, 9.17) is 4.74 Å². The maximum atomic E-state index is 13.4. The van der Waals surface area contributed by atoms with Crippen LogP contribution in [-0.2, 0) is 16.1 Å². The molecule has 0 radical (unpaired) electrons. The fourth-order valence-electron chi connectivity index (χ4n) is 4.44. The molecule has 0 bridgehead atoms. The minimum Gasteiger partial charge on any atom is -0.377 e. The molecule has 5 heterocycles. The van der Waals surface area contributed by atoms with Crippen molar-refractivity contribution in [1.29, 1.82) is 0 Å². The zero-order valence-electron chi connectivity index (χ0n) is 18.5. The molecule has 2 aliphatic rings. The van der Waals surface area contributed by atoms with E-state index in [1.807, 2.05) is 16.7 Å². The molecule has 3 aromatic heterocycles. The molecule has 1 aromatic carbocycles. The van der Waals surface area contributed by atoms with Gasteiger partial charge in [-0.2, -0.15) is 0 Å². The van der Waals surface area contributed by atoms with Gasteiger partial charge >= 0.3 is 0 Å². The molecule has 35 heavy (non-hydrogen) atoms. The number of ketones is 1. The highest BCUT2D eigenvalue weighted by atomic mass is 16.5. The van der Waals surface area contributed by atoms with Gasteiger partial charge in [0, 0.05) is 41.6 Å². The molecule has 10 heteroatoms. The van der Waals surface area contributed by atoms with E-state index in [0.29, 0.717) is 53.2 Å². The van der Waals surface area contributed by atoms with Crippen LogP contribution in [0, 0.1) is 0 Å². The van der Waals surface area contributed by atoms with E-state index < -0.39 is 0 Å². The van der Waals surface area contributed by atoms with Gasteiger partial charge in [-0.3, -0.25) is 19.4 Å². The van der Waals surface area contributed by atoms with Crippen molar-refractivity contribution in [2.45, 2.75) is 12.6 Å². The van der Waals surface area contributed by atoms with Crippen LogP contribution in [0.1, 0.15) is 37.9 Å². The Kier molecular flexibility index (Phi) is 5.07. The minimum atomic E-state index is -0.368. The van der Waals surface area contributed by atoms with Gasteiger partial charge in [0.15, 0.2) is 5.78 Å². The molecule has 6 rings (SSSR count). The molecule has 1 saturated heterocycles. The van der Waals surface area contributed by atoms with Crippen molar-refractivity contribution in [3.63, 3.8) is 0 Å². The predicted molar refractivity (Wildman–Crippen MR) is 125 cm³/mol. The molecule has 1 fully saturated rings. The van der Waals surface area contributed by atoms with Gasteiger partial charge in [-0.1, -0.05) is 18.2 Å². The first kappa shape index (κ1) is 21.1. The zero-order chi connectivity index (χ0) is 23.9. The van der Waals surface area contributed by atoms with Gasteiger partial charge in [0.1, 0.15) is 18.5 Å². The number of carbonyl (C=O) groups excluding carboxylic acids is 3. The quantitative estimate of drug-likeness (QED) is 0.431. The lowest BCUT2D eigenvalue weighted by atomic mass is 10.1. The monoisotopic (exact) mass is 468 g/mol. The fraction of sp³-hybridized carbons (Fsp3) is 0.200. The first-order chi connectivity index (χ1) is 17.1. The number of fused-ring (bicyclic) bond motifs is 2. The second-order valence-electron chi connectivity index (χ2n) is 8.56. The van der Waals surface area contributed by atoms with Gasteiger partial charge in [0.25, 0.3) is 5.91 Å². The van der Waals surface area contributed by atoms with Crippen LogP contribution >= 0.6 is 0 Å². The van der Waals surface area contributed by atoms with Crippen molar-refractivity contribution in [2.75, 3.05) is 25.1 Å². The van der Waals surface area contributed by atoms with E-state index in [2.05, 4.69) is 20.3 Å². The Morgan fingerprint density at radius 2 is 1.97 bits per heavy atom. The van der Waals surface area contributed by atoms with Crippen LogP contribution in [-0.4, -0.2) is 61.8 Å². The van der Waals surface area contributed by atoms with Crippen molar-refractivity contribution in [3.05, 3.63) is 83.7 Å². The lowest BCUT2D eigenvalue weighted by Crippen LogP contribution is -2.33. The topological polar surface area (TPSA) is 119 Å². The van der Waals surface area contributed by atoms with E-state index in [9.17, 15) is 14.4 Å².